The van der Waals surface area contributed by atoms with Gasteiger partial charge in [0.15, 0.2) is 10.8 Å². The van der Waals surface area contributed by atoms with Crippen molar-refractivity contribution in [1.29, 1.82) is 0 Å². The summed E-state index contributed by atoms with van der Waals surface area (Å²) in [6.07, 6.45) is 3.46. The van der Waals surface area contributed by atoms with E-state index < -0.39 is 0 Å². The van der Waals surface area contributed by atoms with Crippen LogP contribution < -0.4 is 5.32 Å². The molecular weight excluding hydrogens is 352 g/mol. The summed E-state index contributed by atoms with van der Waals surface area (Å²) >= 11 is 1.47. The molecule has 0 saturated carbocycles. The molecule has 2 aliphatic rings. The second kappa shape index (κ2) is 7.20. The number of carbonyl (C=O) groups is 2. The number of aromatic nitrogens is 1. The first kappa shape index (κ1) is 17.2. The number of aryl methyl sites for hydroxylation is 1. The van der Waals surface area contributed by atoms with E-state index in [9.17, 15) is 9.59 Å². The number of rotatable bonds is 3. The lowest BCUT2D eigenvalue weighted by molar-refractivity contribution is -0.135. The Labute approximate surface area is 156 Å². The first-order valence-electron chi connectivity index (χ1n) is 8.94. The Morgan fingerprint density at radius 3 is 3.08 bits per heavy atom. The molecule has 2 fully saturated rings. The summed E-state index contributed by atoms with van der Waals surface area (Å²) < 4.78 is 5.39. The third-order valence-electron chi connectivity index (χ3n) is 4.98. The highest BCUT2D eigenvalue weighted by Crippen LogP contribution is 2.29. The molecular formula is C18H22N4O3S. The molecule has 2 saturated heterocycles. The minimum atomic E-state index is -0.0520. The molecule has 0 bridgehead atoms. The van der Waals surface area contributed by atoms with Gasteiger partial charge in [-0.25, -0.2) is 4.98 Å². The molecule has 4 rings (SSSR count). The van der Waals surface area contributed by atoms with Crippen LogP contribution in [0.15, 0.2) is 22.8 Å². The number of piperidine rings is 1. The fourth-order valence-corrected chi connectivity index (χ4v) is 4.52. The summed E-state index contributed by atoms with van der Waals surface area (Å²) in [5.74, 6) is 0.754. The number of likely N-dealkylation sites (tertiary alicyclic amines) is 1. The Kier molecular flexibility index (Phi) is 4.78. The second-order valence-corrected chi connectivity index (χ2v) is 7.92. The fourth-order valence-electron chi connectivity index (χ4n) is 3.65. The maximum absolute atomic E-state index is 13.0. The minimum absolute atomic E-state index is 0.0520. The summed E-state index contributed by atoms with van der Waals surface area (Å²) in [4.78, 5) is 34.4. The van der Waals surface area contributed by atoms with Gasteiger partial charge in [0.2, 0.25) is 5.91 Å². The maximum atomic E-state index is 13.0. The van der Waals surface area contributed by atoms with Crippen molar-refractivity contribution < 1.29 is 14.0 Å². The average Bonchev–Trinajstić information content (AvgIpc) is 3.31. The van der Waals surface area contributed by atoms with Crippen molar-refractivity contribution >= 4 is 23.2 Å². The highest BCUT2D eigenvalue weighted by atomic mass is 32.1. The van der Waals surface area contributed by atoms with Crippen LogP contribution in [0.1, 0.15) is 28.2 Å². The van der Waals surface area contributed by atoms with Gasteiger partial charge in [0.05, 0.1) is 12.8 Å². The van der Waals surface area contributed by atoms with Crippen molar-refractivity contribution in [2.45, 2.75) is 25.8 Å². The minimum Gasteiger partial charge on any atom is -0.462 e. The van der Waals surface area contributed by atoms with Crippen LogP contribution in [0.4, 0.5) is 0 Å². The van der Waals surface area contributed by atoms with Crippen LogP contribution in [-0.2, 0) is 4.79 Å². The van der Waals surface area contributed by atoms with E-state index in [1.165, 1.54) is 11.3 Å². The van der Waals surface area contributed by atoms with Gasteiger partial charge in [0, 0.05) is 37.1 Å². The van der Waals surface area contributed by atoms with E-state index >= 15 is 0 Å². The fraction of sp³-hybridized carbons (Fsp3) is 0.500. The number of nitrogens with zero attached hydrogens (tertiary/aromatic N) is 3. The molecule has 8 heteroatoms. The first-order valence-corrected chi connectivity index (χ1v) is 9.76. The number of furan rings is 1. The molecule has 4 heterocycles. The predicted molar refractivity (Wildman–Crippen MR) is 98.1 cm³/mol. The zero-order valence-corrected chi connectivity index (χ0v) is 15.6. The molecule has 7 nitrogen and oxygen atoms in total. The SMILES string of the molecule is Cc1sc(-c2ccco2)nc1C(=O)N1CCCC(N2CCNCC2=O)C1. The van der Waals surface area contributed by atoms with E-state index in [0.717, 1.165) is 29.3 Å². The van der Waals surface area contributed by atoms with Gasteiger partial charge in [-0.1, -0.05) is 0 Å². The van der Waals surface area contributed by atoms with E-state index in [4.69, 9.17) is 4.42 Å². The maximum Gasteiger partial charge on any atom is 0.273 e. The van der Waals surface area contributed by atoms with Gasteiger partial charge in [-0.15, -0.1) is 11.3 Å². The number of nitrogens with one attached hydrogen (secondary N) is 1. The van der Waals surface area contributed by atoms with Gasteiger partial charge < -0.3 is 19.5 Å². The number of carbonyl (C=O) groups excluding carboxylic acids is 2. The molecule has 1 unspecified atom stereocenters. The monoisotopic (exact) mass is 374 g/mol. The normalized spacial score (nSPS) is 21.3. The molecule has 0 spiro atoms. The Bertz CT molecular complexity index is 801. The molecule has 2 amide bonds. The Hall–Kier alpha value is -2.19. The van der Waals surface area contributed by atoms with Crippen molar-refractivity contribution in [3.05, 3.63) is 29.0 Å². The zero-order valence-electron chi connectivity index (χ0n) is 14.7. The molecule has 138 valence electrons. The first-order chi connectivity index (χ1) is 12.6. The third-order valence-corrected chi connectivity index (χ3v) is 5.97. The molecule has 26 heavy (non-hydrogen) atoms. The van der Waals surface area contributed by atoms with Gasteiger partial charge in [-0.2, -0.15) is 0 Å². The van der Waals surface area contributed by atoms with E-state index in [-0.39, 0.29) is 17.9 Å². The lowest BCUT2D eigenvalue weighted by Crippen LogP contribution is -2.57. The van der Waals surface area contributed by atoms with Gasteiger partial charge >= 0.3 is 0 Å². The van der Waals surface area contributed by atoms with Crippen LogP contribution in [0.5, 0.6) is 0 Å². The molecule has 2 aliphatic heterocycles. The summed E-state index contributed by atoms with van der Waals surface area (Å²) in [7, 11) is 0. The van der Waals surface area contributed by atoms with Crippen molar-refractivity contribution in [2.75, 3.05) is 32.7 Å². The van der Waals surface area contributed by atoms with Crippen LogP contribution >= 0.6 is 11.3 Å². The molecule has 0 radical (unpaired) electrons. The highest BCUT2D eigenvalue weighted by Gasteiger charge is 2.33. The number of amides is 2. The van der Waals surface area contributed by atoms with Crippen molar-refractivity contribution in [1.82, 2.24) is 20.1 Å². The Morgan fingerprint density at radius 1 is 1.42 bits per heavy atom. The third kappa shape index (κ3) is 3.26. The molecule has 2 aromatic rings. The van der Waals surface area contributed by atoms with Gasteiger partial charge in [0.25, 0.3) is 5.91 Å². The number of piperazine rings is 1. The average molecular weight is 374 g/mol. The summed E-state index contributed by atoms with van der Waals surface area (Å²) in [6, 6.07) is 3.76. The van der Waals surface area contributed by atoms with Crippen molar-refractivity contribution in [3.8, 4) is 10.8 Å². The van der Waals surface area contributed by atoms with E-state index in [2.05, 4.69) is 10.3 Å². The summed E-state index contributed by atoms with van der Waals surface area (Å²) in [6.45, 7) is 5.12. The van der Waals surface area contributed by atoms with Crippen LogP contribution in [0, 0.1) is 6.92 Å². The smallest absolute Gasteiger partial charge is 0.273 e. The predicted octanol–water partition coefficient (Wildman–Crippen LogP) is 1.75. The number of hydrogen-bond acceptors (Lipinski definition) is 6. The summed E-state index contributed by atoms with van der Waals surface area (Å²) in [5.41, 5.74) is 0.494. The lowest BCUT2D eigenvalue weighted by Gasteiger charge is -2.41. The molecule has 1 atom stereocenters. The molecule has 0 aromatic carbocycles. The van der Waals surface area contributed by atoms with Crippen LogP contribution in [0.25, 0.3) is 10.8 Å². The number of hydrogen-bond donors (Lipinski definition) is 1. The quantitative estimate of drug-likeness (QED) is 0.886. The lowest BCUT2D eigenvalue weighted by atomic mass is 10.0. The molecule has 0 aliphatic carbocycles. The van der Waals surface area contributed by atoms with Crippen LogP contribution in [0.3, 0.4) is 0 Å². The van der Waals surface area contributed by atoms with E-state index in [1.54, 1.807) is 6.26 Å². The van der Waals surface area contributed by atoms with Crippen molar-refractivity contribution in [2.24, 2.45) is 0 Å². The standard InChI is InChI=1S/C18H22N4O3S/c1-12-16(20-17(26-12)14-5-3-9-25-14)18(24)21-7-2-4-13(11-21)22-8-6-19-10-15(22)23/h3,5,9,13,19H,2,4,6-8,10-11H2,1H3. The van der Waals surface area contributed by atoms with Gasteiger partial charge in [-0.05, 0) is 31.9 Å². The second-order valence-electron chi connectivity index (χ2n) is 6.71. The van der Waals surface area contributed by atoms with Crippen molar-refractivity contribution in [3.63, 3.8) is 0 Å². The molecule has 1 N–H and O–H groups in total. The number of thiazole rings is 1. The molecule has 2 aromatic heterocycles. The highest BCUT2D eigenvalue weighted by molar-refractivity contribution is 7.15. The van der Waals surface area contributed by atoms with Gasteiger partial charge in [-0.3, -0.25) is 9.59 Å². The Morgan fingerprint density at radius 2 is 2.31 bits per heavy atom. The largest absolute Gasteiger partial charge is 0.462 e. The van der Waals surface area contributed by atoms with Gasteiger partial charge in [0.1, 0.15) is 5.69 Å². The van der Waals surface area contributed by atoms with Crippen LogP contribution in [-0.4, -0.2) is 65.4 Å². The van der Waals surface area contributed by atoms with E-state index in [1.807, 2.05) is 28.9 Å². The van der Waals surface area contributed by atoms with Crippen LogP contribution in [0.2, 0.25) is 0 Å². The topological polar surface area (TPSA) is 78.7 Å². The zero-order chi connectivity index (χ0) is 18.1. The Balaban J connectivity index is 1.50. The van der Waals surface area contributed by atoms with E-state index in [0.29, 0.717) is 37.6 Å². The summed E-state index contributed by atoms with van der Waals surface area (Å²) in [5, 5.41) is 3.82.